The molecule has 0 aliphatic rings. The van der Waals surface area contributed by atoms with E-state index in [1.807, 2.05) is 42.5 Å². The van der Waals surface area contributed by atoms with Crippen LogP contribution in [0.5, 0.6) is 11.5 Å². The Bertz CT molecular complexity index is 875. The standard InChI is InChI=1S/C25H29NO2/c1-19(2)22-14-13-20(3)17-25(22)27-16-15-26-23-11-7-8-12-24(23)28-18-21-9-5-4-6-10-21/h4-14,17,19,26H,15-16,18H2,1-3H3. The summed E-state index contributed by atoms with van der Waals surface area (Å²) < 4.78 is 12.1. The summed E-state index contributed by atoms with van der Waals surface area (Å²) in [6.07, 6.45) is 0. The third-order valence-corrected chi connectivity index (χ3v) is 4.59. The van der Waals surface area contributed by atoms with Crippen LogP contribution in [0.15, 0.2) is 72.8 Å². The summed E-state index contributed by atoms with van der Waals surface area (Å²) in [4.78, 5) is 0. The fraction of sp³-hybridized carbons (Fsp3) is 0.280. The van der Waals surface area contributed by atoms with E-state index < -0.39 is 0 Å². The zero-order chi connectivity index (χ0) is 19.8. The lowest BCUT2D eigenvalue weighted by Gasteiger charge is -2.16. The van der Waals surface area contributed by atoms with E-state index in [2.05, 4.69) is 56.4 Å². The molecule has 0 unspecified atom stereocenters. The first-order valence-electron chi connectivity index (χ1n) is 9.86. The number of benzene rings is 3. The van der Waals surface area contributed by atoms with Crippen molar-refractivity contribution in [1.29, 1.82) is 0 Å². The van der Waals surface area contributed by atoms with E-state index in [0.717, 1.165) is 22.7 Å². The average molecular weight is 376 g/mol. The van der Waals surface area contributed by atoms with Crippen molar-refractivity contribution in [3.05, 3.63) is 89.5 Å². The first kappa shape index (κ1) is 19.8. The third kappa shape index (κ3) is 5.53. The van der Waals surface area contributed by atoms with Gasteiger partial charge < -0.3 is 14.8 Å². The van der Waals surface area contributed by atoms with E-state index in [4.69, 9.17) is 9.47 Å². The molecule has 0 saturated heterocycles. The molecule has 0 heterocycles. The number of rotatable bonds is 9. The Labute approximate surface area is 168 Å². The summed E-state index contributed by atoms with van der Waals surface area (Å²) in [5.41, 5.74) is 4.60. The van der Waals surface area contributed by atoms with E-state index in [1.165, 1.54) is 11.1 Å². The monoisotopic (exact) mass is 375 g/mol. The van der Waals surface area contributed by atoms with Gasteiger partial charge in [0.25, 0.3) is 0 Å². The van der Waals surface area contributed by atoms with Crippen LogP contribution < -0.4 is 14.8 Å². The maximum Gasteiger partial charge on any atom is 0.142 e. The van der Waals surface area contributed by atoms with Crippen LogP contribution in [0.4, 0.5) is 5.69 Å². The molecule has 0 aliphatic heterocycles. The molecule has 0 amide bonds. The second-order valence-electron chi connectivity index (χ2n) is 7.24. The van der Waals surface area contributed by atoms with Crippen molar-refractivity contribution in [3.63, 3.8) is 0 Å². The predicted molar refractivity (Wildman–Crippen MR) is 116 cm³/mol. The lowest BCUT2D eigenvalue weighted by Crippen LogP contribution is -2.13. The Morgan fingerprint density at radius 3 is 2.36 bits per heavy atom. The number of ether oxygens (including phenoxy) is 2. The fourth-order valence-electron chi connectivity index (χ4n) is 3.06. The Hall–Kier alpha value is -2.94. The van der Waals surface area contributed by atoms with Crippen molar-refractivity contribution in [2.45, 2.75) is 33.3 Å². The van der Waals surface area contributed by atoms with Gasteiger partial charge in [-0.1, -0.05) is 68.4 Å². The molecule has 0 spiro atoms. The highest BCUT2D eigenvalue weighted by atomic mass is 16.5. The first-order chi connectivity index (χ1) is 13.6. The van der Waals surface area contributed by atoms with Crippen molar-refractivity contribution in [1.82, 2.24) is 0 Å². The average Bonchev–Trinajstić information content (AvgIpc) is 2.71. The van der Waals surface area contributed by atoms with Crippen LogP contribution in [0.3, 0.4) is 0 Å². The van der Waals surface area contributed by atoms with Gasteiger partial charge in [0, 0.05) is 6.54 Å². The zero-order valence-corrected chi connectivity index (χ0v) is 16.9. The molecule has 3 rings (SSSR count). The molecule has 0 bridgehead atoms. The second kappa shape index (κ2) is 9.84. The third-order valence-electron chi connectivity index (χ3n) is 4.59. The van der Waals surface area contributed by atoms with E-state index in [9.17, 15) is 0 Å². The van der Waals surface area contributed by atoms with Gasteiger partial charge in [-0.05, 0) is 47.7 Å². The Balaban J connectivity index is 1.55. The minimum Gasteiger partial charge on any atom is -0.491 e. The van der Waals surface area contributed by atoms with Gasteiger partial charge in [-0.2, -0.15) is 0 Å². The largest absolute Gasteiger partial charge is 0.491 e. The van der Waals surface area contributed by atoms with Crippen LogP contribution in [0, 0.1) is 6.92 Å². The highest BCUT2D eigenvalue weighted by molar-refractivity contribution is 5.56. The van der Waals surface area contributed by atoms with Crippen LogP contribution in [-0.2, 0) is 6.61 Å². The highest BCUT2D eigenvalue weighted by Crippen LogP contribution is 2.28. The van der Waals surface area contributed by atoms with Crippen molar-refractivity contribution in [3.8, 4) is 11.5 Å². The minimum atomic E-state index is 0.440. The van der Waals surface area contributed by atoms with Crippen LogP contribution in [-0.4, -0.2) is 13.2 Å². The maximum atomic E-state index is 6.07. The predicted octanol–water partition coefficient (Wildman–Crippen LogP) is 6.19. The quantitative estimate of drug-likeness (QED) is 0.452. The van der Waals surface area contributed by atoms with Gasteiger partial charge in [0.2, 0.25) is 0 Å². The lowest BCUT2D eigenvalue weighted by atomic mass is 10.0. The van der Waals surface area contributed by atoms with Gasteiger partial charge in [-0.25, -0.2) is 0 Å². The molecular formula is C25H29NO2. The van der Waals surface area contributed by atoms with Gasteiger partial charge in [0.1, 0.15) is 24.7 Å². The SMILES string of the molecule is Cc1ccc(C(C)C)c(OCCNc2ccccc2OCc2ccccc2)c1. The van der Waals surface area contributed by atoms with Crippen LogP contribution in [0.2, 0.25) is 0 Å². The molecule has 0 radical (unpaired) electrons. The summed E-state index contributed by atoms with van der Waals surface area (Å²) in [6, 6.07) is 24.6. The fourth-order valence-corrected chi connectivity index (χ4v) is 3.06. The number of hydrogen-bond acceptors (Lipinski definition) is 3. The summed E-state index contributed by atoms with van der Waals surface area (Å²) in [7, 11) is 0. The van der Waals surface area contributed by atoms with Gasteiger partial charge in [-0.3, -0.25) is 0 Å². The van der Waals surface area contributed by atoms with E-state index >= 15 is 0 Å². The molecule has 3 heteroatoms. The van der Waals surface area contributed by atoms with Crippen molar-refractivity contribution in [2.75, 3.05) is 18.5 Å². The Morgan fingerprint density at radius 2 is 1.57 bits per heavy atom. The molecule has 0 atom stereocenters. The van der Waals surface area contributed by atoms with E-state index in [0.29, 0.717) is 25.7 Å². The van der Waals surface area contributed by atoms with E-state index in [-0.39, 0.29) is 0 Å². The number of aryl methyl sites for hydroxylation is 1. The first-order valence-corrected chi connectivity index (χ1v) is 9.86. The number of hydrogen-bond donors (Lipinski definition) is 1. The van der Waals surface area contributed by atoms with Crippen molar-refractivity contribution < 1.29 is 9.47 Å². The second-order valence-corrected chi connectivity index (χ2v) is 7.24. The summed E-state index contributed by atoms with van der Waals surface area (Å²) in [5.74, 6) is 2.27. The van der Waals surface area contributed by atoms with Gasteiger partial charge in [-0.15, -0.1) is 0 Å². The number of para-hydroxylation sites is 2. The Morgan fingerprint density at radius 1 is 0.821 bits per heavy atom. The number of anilines is 1. The lowest BCUT2D eigenvalue weighted by molar-refractivity contribution is 0.306. The molecule has 0 aliphatic carbocycles. The highest BCUT2D eigenvalue weighted by Gasteiger charge is 2.08. The molecule has 3 aromatic carbocycles. The molecule has 0 aromatic heterocycles. The Kier molecular flexibility index (Phi) is 6.96. The van der Waals surface area contributed by atoms with Crippen LogP contribution >= 0.6 is 0 Å². The topological polar surface area (TPSA) is 30.5 Å². The maximum absolute atomic E-state index is 6.07. The van der Waals surface area contributed by atoms with Crippen molar-refractivity contribution >= 4 is 5.69 Å². The van der Waals surface area contributed by atoms with E-state index in [1.54, 1.807) is 0 Å². The van der Waals surface area contributed by atoms with Gasteiger partial charge in [0.05, 0.1) is 5.69 Å². The molecule has 146 valence electrons. The molecule has 0 fully saturated rings. The minimum absolute atomic E-state index is 0.440. The molecule has 0 saturated carbocycles. The summed E-state index contributed by atoms with van der Waals surface area (Å²) >= 11 is 0. The molecule has 3 nitrogen and oxygen atoms in total. The normalized spacial score (nSPS) is 10.7. The summed E-state index contributed by atoms with van der Waals surface area (Å²) in [6.45, 7) is 8.33. The smallest absolute Gasteiger partial charge is 0.142 e. The molecular weight excluding hydrogens is 346 g/mol. The van der Waals surface area contributed by atoms with Crippen molar-refractivity contribution in [2.24, 2.45) is 0 Å². The molecule has 1 N–H and O–H groups in total. The van der Waals surface area contributed by atoms with Crippen LogP contribution in [0.25, 0.3) is 0 Å². The number of nitrogens with one attached hydrogen (secondary N) is 1. The van der Waals surface area contributed by atoms with Gasteiger partial charge >= 0.3 is 0 Å². The molecule has 3 aromatic rings. The zero-order valence-electron chi connectivity index (χ0n) is 16.9. The molecule has 28 heavy (non-hydrogen) atoms. The summed E-state index contributed by atoms with van der Waals surface area (Å²) in [5, 5.41) is 3.43. The van der Waals surface area contributed by atoms with Gasteiger partial charge in [0.15, 0.2) is 0 Å². The van der Waals surface area contributed by atoms with Crippen LogP contribution in [0.1, 0.15) is 36.5 Å².